The number of hydrogen-bond acceptors (Lipinski definition) is 8. The molecule has 1 atom stereocenters. The summed E-state index contributed by atoms with van der Waals surface area (Å²) in [5.74, 6) is 2.80. The first-order valence-electron chi connectivity index (χ1n) is 12.1. The molecule has 2 aliphatic heterocycles. The average molecular weight is 469 g/mol. The van der Waals surface area contributed by atoms with Crippen molar-refractivity contribution >= 4 is 17.5 Å². The van der Waals surface area contributed by atoms with Crippen LogP contribution in [0.5, 0.6) is 5.75 Å². The van der Waals surface area contributed by atoms with Crippen LogP contribution in [0.2, 0.25) is 0 Å². The molecule has 1 amide bonds. The maximum Gasteiger partial charge on any atom is 0.222 e. The first-order chi connectivity index (χ1) is 16.4. The lowest BCUT2D eigenvalue weighted by Gasteiger charge is -2.24. The summed E-state index contributed by atoms with van der Waals surface area (Å²) in [7, 11) is 3.90. The van der Waals surface area contributed by atoms with Crippen LogP contribution in [0.15, 0.2) is 36.7 Å². The van der Waals surface area contributed by atoms with Gasteiger partial charge >= 0.3 is 0 Å². The number of amides is 1. The highest BCUT2D eigenvalue weighted by atomic mass is 16.5. The summed E-state index contributed by atoms with van der Waals surface area (Å²) in [6.07, 6.45) is 4.77. The van der Waals surface area contributed by atoms with Gasteiger partial charge in [0.05, 0.1) is 12.2 Å². The Morgan fingerprint density at radius 2 is 2.03 bits per heavy atom. The second-order valence-corrected chi connectivity index (χ2v) is 9.46. The van der Waals surface area contributed by atoms with Crippen LogP contribution in [0.4, 0.5) is 11.6 Å². The molecule has 2 saturated heterocycles. The summed E-state index contributed by atoms with van der Waals surface area (Å²) in [5, 5.41) is 14.4. The molecule has 2 aromatic rings. The van der Waals surface area contributed by atoms with Gasteiger partial charge < -0.3 is 29.9 Å². The molecule has 4 rings (SSSR count). The van der Waals surface area contributed by atoms with Gasteiger partial charge in [-0.3, -0.25) is 4.79 Å². The van der Waals surface area contributed by atoms with Crippen molar-refractivity contribution in [2.45, 2.75) is 37.8 Å². The van der Waals surface area contributed by atoms with E-state index < -0.39 is 5.60 Å². The fourth-order valence-corrected chi connectivity index (χ4v) is 4.48. The van der Waals surface area contributed by atoms with Crippen molar-refractivity contribution in [3.63, 3.8) is 0 Å². The summed E-state index contributed by atoms with van der Waals surface area (Å²) in [5.41, 5.74) is 0.350. The molecule has 1 unspecified atom stereocenters. The molecule has 0 aliphatic carbocycles. The smallest absolute Gasteiger partial charge is 0.222 e. The summed E-state index contributed by atoms with van der Waals surface area (Å²) >= 11 is 0. The van der Waals surface area contributed by atoms with Gasteiger partial charge in [-0.15, -0.1) is 0 Å². The van der Waals surface area contributed by atoms with Crippen molar-refractivity contribution in [1.82, 2.24) is 20.2 Å². The lowest BCUT2D eigenvalue weighted by Crippen LogP contribution is -2.43. The second kappa shape index (κ2) is 11.0. The van der Waals surface area contributed by atoms with Crippen molar-refractivity contribution in [3.05, 3.63) is 42.2 Å². The third-order valence-corrected chi connectivity index (χ3v) is 6.47. The van der Waals surface area contributed by atoms with Crippen LogP contribution in [-0.4, -0.2) is 84.9 Å². The molecule has 2 aliphatic rings. The van der Waals surface area contributed by atoms with Crippen molar-refractivity contribution in [2.75, 3.05) is 63.2 Å². The predicted octanol–water partition coefficient (Wildman–Crippen LogP) is 1.66. The van der Waals surface area contributed by atoms with Crippen molar-refractivity contribution in [3.8, 4) is 5.75 Å². The van der Waals surface area contributed by atoms with Crippen molar-refractivity contribution < 1.29 is 14.6 Å². The molecular weight excluding hydrogens is 432 g/mol. The number of rotatable bonds is 11. The maximum atomic E-state index is 11.6. The molecule has 1 aromatic heterocycles. The Kier molecular flexibility index (Phi) is 7.84. The highest BCUT2D eigenvalue weighted by molar-refractivity contribution is 5.78. The fourth-order valence-electron chi connectivity index (χ4n) is 4.48. The average Bonchev–Trinajstić information content (AvgIpc) is 3.43. The van der Waals surface area contributed by atoms with Gasteiger partial charge in [0.2, 0.25) is 5.91 Å². The maximum absolute atomic E-state index is 11.6. The molecule has 0 saturated carbocycles. The van der Waals surface area contributed by atoms with Crippen LogP contribution in [0.3, 0.4) is 0 Å². The minimum absolute atomic E-state index is 0.263. The zero-order chi connectivity index (χ0) is 24.0. The minimum Gasteiger partial charge on any atom is -0.494 e. The minimum atomic E-state index is -0.789. The molecule has 34 heavy (non-hydrogen) atoms. The molecule has 184 valence electrons. The van der Waals surface area contributed by atoms with Crippen LogP contribution >= 0.6 is 0 Å². The van der Waals surface area contributed by atoms with E-state index in [9.17, 15) is 9.90 Å². The number of carbonyl (C=O) groups is 1. The Hall–Kier alpha value is -2.91. The van der Waals surface area contributed by atoms with E-state index in [2.05, 4.69) is 20.2 Å². The van der Waals surface area contributed by atoms with E-state index in [-0.39, 0.29) is 5.91 Å². The molecule has 9 heteroatoms. The third-order valence-electron chi connectivity index (χ3n) is 6.47. The van der Waals surface area contributed by atoms with E-state index in [1.165, 1.54) is 0 Å². The van der Waals surface area contributed by atoms with Gasteiger partial charge in [0.15, 0.2) is 0 Å². The molecule has 1 aromatic carbocycles. The molecule has 9 nitrogen and oxygen atoms in total. The van der Waals surface area contributed by atoms with Crippen LogP contribution in [0.1, 0.15) is 31.2 Å². The molecule has 0 spiro atoms. The number of aromatic nitrogens is 2. The van der Waals surface area contributed by atoms with E-state index in [1.807, 2.05) is 54.2 Å². The van der Waals surface area contributed by atoms with Gasteiger partial charge in [-0.2, -0.15) is 0 Å². The van der Waals surface area contributed by atoms with Crippen LogP contribution in [-0.2, 0) is 11.3 Å². The molecular formula is C25H36N6O3. The Morgan fingerprint density at radius 3 is 2.76 bits per heavy atom. The van der Waals surface area contributed by atoms with E-state index in [0.717, 1.165) is 55.4 Å². The second-order valence-electron chi connectivity index (χ2n) is 9.46. The third kappa shape index (κ3) is 6.36. The zero-order valence-corrected chi connectivity index (χ0v) is 20.2. The van der Waals surface area contributed by atoms with E-state index in [4.69, 9.17) is 4.74 Å². The molecule has 0 radical (unpaired) electrons. The van der Waals surface area contributed by atoms with Gasteiger partial charge in [-0.25, -0.2) is 9.97 Å². The first-order valence-corrected chi connectivity index (χ1v) is 12.1. The van der Waals surface area contributed by atoms with Gasteiger partial charge in [-0.1, -0.05) is 12.1 Å². The number of nitrogens with zero attached hydrogens (tertiary/aromatic N) is 5. The van der Waals surface area contributed by atoms with Gasteiger partial charge in [0.1, 0.15) is 23.7 Å². The van der Waals surface area contributed by atoms with Gasteiger partial charge in [-0.05, 0) is 37.0 Å². The normalized spacial score (nSPS) is 20.3. The number of aliphatic hydroxyl groups is 1. The van der Waals surface area contributed by atoms with Gasteiger partial charge in [0, 0.05) is 65.9 Å². The largest absolute Gasteiger partial charge is 0.494 e. The highest BCUT2D eigenvalue weighted by Crippen LogP contribution is 2.26. The summed E-state index contributed by atoms with van der Waals surface area (Å²) in [6.45, 7) is 4.76. The Morgan fingerprint density at radius 1 is 1.21 bits per heavy atom. The molecule has 2 fully saturated rings. The summed E-state index contributed by atoms with van der Waals surface area (Å²) in [6, 6.07) is 9.99. The molecule has 2 N–H and O–H groups in total. The van der Waals surface area contributed by atoms with E-state index >= 15 is 0 Å². The van der Waals surface area contributed by atoms with Gasteiger partial charge in [0.25, 0.3) is 0 Å². The lowest BCUT2D eigenvalue weighted by molar-refractivity contribution is -0.127. The van der Waals surface area contributed by atoms with Crippen LogP contribution < -0.4 is 19.9 Å². The SMILES string of the molecule is CN(C)c1cc(N2CCC(O)(CNCc3ccc(OCCCN4CCCC4=O)cc3)C2)ncn1. The Bertz CT molecular complexity index is 954. The van der Waals surface area contributed by atoms with E-state index in [1.54, 1.807) is 6.33 Å². The predicted molar refractivity (Wildman–Crippen MR) is 132 cm³/mol. The van der Waals surface area contributed by atoms with Crippen LogP contribution in [0, 0.1) is 0 Å². The monoisotopic (exact) mass is 468 g/mol. The fraction of sp³-hybridized carbons (Fsp3) is 0.560. The number of ether oxygens (including phenoxy) is 1. The Balaban J connectivity index is 1.17. The number of anilines is 2. The van der Waals surface area contributed by atoms with Crippen molar-refractivity contribution in [1.29, 1.82) is 0 Å². The standard InChI is InChI=1S/C25H36N6O3/c1-29(2)22-15-23(28-19-27-22)31-13-10-25(33,18-31)17-26-16-20-6-8-21(9-7-20)34-14-4-12-30-11-3-5-24(30)32/h6-9,15,19,26,33H,3-5,10-14,16-18H2,1-2H3. The zero-order valence-electron chi connectivity index (χ0n) is 20.2. The Labute approximate surface area is 201 Å². The highest BCUT2D eigenvalue weighted by Gasteiger charge is 2.36. The number of benzene rings is 1. The number of nitrogens with one attached hydrogen (secondary N) is 1. The number of β-amino-alcohol motifs (C(OH)–C–C–N with tert-alkyl or cyclic N) is 1. The van der Waals surface area contributed by atoms with E-state index in [0.29, 0.717) is 39.1 Å². The molecule has 0 bridgehead atoms. The molecule has 3 heterocycles. The van der Waals surface area contributed by atoms with Crippen LogP contribution in [0.25, 0.3) is 0 Å². The number of carbonyl (C=O) groups excluding carboxylic acids is 1. The summed E-state index contributed by atoms with van der Waals surface area (Å²) < 4.78 is 5.82. The lowest BCUT2D eigenvalue weighted by atomic mass is 10.0. The first kappa shape index (κ1) is 24.2. The number of hydrogen-bond donors (Lipinski definition) is 2. The topological polar surface area (TPSA) is 94.1 Å². The quantitative estimate of drug-likeness (QED) is 0.481. The van der Waals surface area contributed by atoms with Crippen molar-refractivity contribution in [2.24, 2.45) is 0 Å². The summed E-state index contributed by atoms with van der Waals surface area (Å²) in [4.78, 5) is 26.3. The number of likely N-dealkylation sites (tertiary alicyclic amines) is 1.